The minimum atomic E-state index is -4.79. The lowest BCUT2D eigenvalue weighted by Crippen LogP contribution is -2.25. The topological polar surface area (TPSA) is 225 Å². The van der Waals surface area contributed by atoms with Gasteiger partial charge in [0, 0.05) is 12.8 Å². The van der Waals surface area contributed by atoms with Gasteiger partial charge in [0.15, 0.2) is 0 Å². The van der Waals surface area contributed by atoms with Crippen molar-refractivity contribution in [3.8, 4) is 0 Å². The number of phosphoric ester groups is 2. The third kappa shape index (κ3) is 46.8. The van der Waals surface area contributed by atoms with Gasteiger partial charge >= 0.3 is 27.6 Å². The zero-order chi connectivity index (χ0) is 48.8. The Kier molecular flexibility index (Phi) is 43.7. The Morgan fingerprint density at radius 2 is 0.712 bits per heavy atom. The Bertz CT molecular complexity index is 1420. The van der Waals surface area contributed by atoms with Gasteiger partial charge in [0.25, 0.3) is 0 Å². The van der Waals surface area contributed by atoms with E-state index in [0.717, 1.165) is 57.8 Å². The van der Waals surface area contributed by atoms with E-state index in [9.17, 15) is 43.8 Å². The van der Waals surface area contributed by atoms with E-state index >= 15 is 0 Å². The molecule has 0 fully saturated rings. The van der Waals surface area contributed by atoms with Crippen LogP contribution in [-0.4, -0.2) is 95.0 Å². The highest BCUT2D eigenvalue weighted by Gasteiger charge is 2.28. The van der Waals surface area contributed by atoms with Gasteiger partial charge in [0.2, 0.25) is 0 Å². The molecule has 0 saturated heterocycles. The van der Waals surface area contributed by atoms with Crippen LogP contribution in [0.4, 0.5) is 0 Å². The number of aliphatic hydroxyl groups is 3. The molecule has 5 unspecified atom stereocenters. The average molecular weight is 979 g/mol. The zero-order valence-corrected chi connectivity index (χ0v) is 42.1. The van der Waals surface area contributed by atoms with E-state index in [1.165, 1.54) is 83.5 Å². The first-order valence-corrected chi connectivity index (χ1v) is 27.7. The van der Waals surface area contributed by atoms with E-state index in [4.69, 9.17) is 9.47 Å². The van der Waals surface area contributed by atoms with Crippen molar-refractivity contribution >= 4 is 27.6 Å². The number of unbranched alkanes of at least 4 members (excludes halogenated alkanes) is 20. The fourth-order valence-electron chi connectivity index (χ4n) is 6.22. The smallest absolute Gasteiger partial charge is 0.463 e. The van der Waals surface area contributed by atoms with E-state index in [-0.39, 0.29) is 12.8 Å². The van der Waals surface area contributed by atoms with Crippen LogP contribution in [0.5, 0.6) is 0 Å². The van der Waals surface area contributed by atoms with Gasteiger partial charge in [0.05, 0.1) is 26.4 Å². The molecular formula is C49H88O15P2. The summed E-state index contributed by atoms with van der Waals surface area (Å²) in [5, 5.41) is 30.0. The number of carbonyl (C=O) groups is 2. The third-order valence-corrected chi connectivity index (χ3v) is 12.0. The molecule has 0 saturated carbocycles. The second-order valence-corrected chi connectivity index (χ2v) is 19.4. The van der Waals surface area contributed by atoms with Crippen LogP contribution >= 0.6 is 15.6 Å². The Labute approximate surface area is 397 Å². The highest BCUT2D eigenvalue weighted by atomic mass is 31.2. The minimum Gasteiger partial charge on any atom is -0.463 e. The molecule has 0 aliphatic carbocycles. The Morgan fingerprint density at radius 3 is 1.09 bits per heavy atom. The first-order chi connectivity index (χ1) is 31.8. The van der Waals surface area contributed by atoms with Gasteiger partial charge in [-0.15, -0.1) is 0 Å². The number of carbonyl (C=O) groups excluding carboxylic acids is 2. The number of ether oxygens (including phenoxy) is 2. The summed E-state index contributed by atoms with van der Waals surface area (Å²) in [6.07, 6.45) is 43.5. The van der Waals surface area contributed by atoms with Crippen LogP contribution in [0, 0.1) is 0 Å². The van der Waals surface area contributed by atoms with Gasteiger partial charge in [-0.1, -0.05) is 171 Å². The number of aliphatic hydroxyl groups excluding tert-OH is 3. The molecule has 5 atom stereocenters. The summed E-state index contributed by atoms with van der Waals surface area (Å²) in [5.74, 6) is -1.02. The molecule has 0 spiro atoms. The maximum atomic E-state index is 12.2. The van der Waals surface area contributed by atoms with Crippen molar-refractivity contribution in [3.63, 3.8) is 0 Å². The summed E-state index contributed by atoms with van der Waals surface area (Å²) < 4.78 is 53.0. The molecule has 0 bridgehead atoms. The van der Waals surface area contributed by atoms with E-state index in [1.54, 1.807) is 0 Å². The maximum absolute atomic E-state index is 12.2. The summed E-state index contributed by atoms with van der Waals surface area (Å²) in [7, 11) is -9.58. The Morgan fingerprint density at radius 1 is 0.409 bits per heavy atom. The lowest BCUT2D eigenvalue weighted by molar-refractivity contribution is -0.148. The van der Waals surface area contributed by atoms with Crippen LogP contribution in [-0.2, 0) is 46.3 Å². The first kappa shape index (κ1) is 63.7. The molecule has 0 rings (SSSR count). The molecule has 384 valence electrons. The quantitative estimate of drug-likeness (QED) is 0.0126. The van der Waals surface area contributed by atoms with Crippen LogP contribution in [0.1, 0.15) is 181 Å². The summed E-state index contributed by atoms with van der Waals surface area (Å²) >= 11 is 0. The molecule has 0 heterocycles. The van der Waals surface area contributed by atoms with Crippen LogP contribution in [0.2, 0.25) is 0 Å². The molecule has 0 radical (unpaired) electrons. The monoisotopic (exact) mass is 979 g/mol. The number of rotatable bonds is 47. The normalized spacial score (nSPS) is 15.6. The van der Waals surface area contributed by atoms with Gasteiger partial charge in [0.1, 0.15) is 31.5 Å². The first-order valence-electron chi connectivity index (χ1n) is 24.7. The second kappa shape index (κ2) is 45.2. The van der Waals surface area contributed by atoms with E-state index in [1.807, 2.05) is 36.5 Å². The second-order valence-electron chi connectivity index (χ2n) is 16.5. The van der Waals surface area contributed by atoms with Crippen LogP contribution in [0.3, 0.4) is 0 Å². The van der Waals surface area contributed by atoms with Gasteiger partial charge in [-0.2, -0.15) is 0 Å². The highest BCUT2D eigenvalue weighted by molar-refractivity contribution is 7.47. The molecule has 0 aromatic carbocycles. The molecule has 0 aliphatic rings. The van der Waals surface area contributed by atoms with Gasteiger partial charge < -0.3 is 34.6 Å². The fraction of sp³-hybridized carbons (Fsp3) is 0.755. The Hall–Kier alpha value is -2.26. The molecule has 0 aromatic heterocycles. The van der Waals surface area contributed by atoms with E-state index in [2.05, 4.69) is 56.2 Å². The number of hydrogen-bond donors (Lipinski definition) is 5. The van der Waals surface area contributed by atoms with Crippen LogP contribution in [0.25, 0.3) is 0 Å². The fourth-order valence-corrected chi connectivity index (χ4v) is 7.81. The molecule has 17 heteroatoms. The number of allylic oxidation sites excluding steroid dienone is 10. The van der Waals surface area contributed by atoms with Crippen LogP contribution < -0.4 is 0 Å². The maximum Gasteiger partial charge on any atom is 0.472 e. The van der Waals surface area contributed by atoms with Crippen molar-refractivity contribution in [3.05, 3.63) is 60.8 Å². The van der Waals surface area contributed by atoms with Crippen molar-refractivity contribution in [2.24, 2.45) is 0 Å². The van der Waals surface area contributed by atoms with E-state index < -0.39 is 85.5 Å². The number of hydrogen-bond acceptors (Lipinski definition) is 13. The van der Waals surface area contributed by atoms with Crippen molar-refractivity contribution in [1.82, 2.24) is 0 Å². The molecule has 0 amide bonds. The number of esters is 2. The van der Waals surface area contributed by atoms with Gasteiger partial charge in [-0.3, -0.25) is 27.7 Å². The number of phosphoric acid groups is 2. The summed E-state index contributed by atoms with van der Waals surface area (Å²) in [6, 6.07) is 0. The molecule has 5 N–H and O–H groups in total. The lowest BCUT2D eigenvalue weighted by atomic mass is 10.1. The zero-order valence-electron chi connectivity index (χ0n) is 40.3. The molecule has 15 nitrogen and oxygen atoms in total. The SMILES string of the molecule is CC/C=C/C=C/C=C/C=C\CCCCCCCC(=O)OCC(O)COP(=O)(O)OCC(O)COP(=O)(O)OCC(O)COC(=O)CCCCCCCCCCC/C=C/CCCCCCCC. The molecule has 0 aromatic rings. The molecular weight excluding hydrogens is 890 g/mol. The Balaban J connectivity index is 3.89. The average Bonchev–Trinajstić information content (AvgIpc) is 3.29. The summed E-state index contributed by atoms with van der Waals surface area (Å²) in [5.41, 5.74) is 0. The largest absolute Gasteiger partial charge is 0.472 e. The molecule has 66 heavy (non-hydrogen) atoms. The third-order valence-electron chi connectivity index (χ3n) is 10.1. The van der Waals surface area contributed by atoms with Gasteiger partial charge in [-0.25, -0.2) is 9.13 Å². The predicted molar refractivity (Wildman–Crippen MR) is 260 cm³/mol. The minimum absolute atomic E-state index is 0.168. The van der Waals surface area contributed by atoms with Crippen LogP contribution in [0.15, 0.2) is 60.8 Å². The van der Waals surface area contributed by atoms with Crippen molar-refractivity contribution in [1.29, 1.82) is 0 Å². The predicted octanol–water partition coefficient (Wildman–Crippen LogP) is 11.4. The lowest BCUT2D eigenvalue weighted by Gasteiger charge is -2.19. The molecule has 0 aliphatic heterocycles. The summed E-state index contributed by atoms with van der Waals surface area (Å²) in [6.45, 7) is 0.249. The summed E-state index contributed by atoms with van der Waals surface area (Å²) in [4.78, 5) is 43.8. The van der Waals surface area contributed by atoms with Crippen molar-refractivity contribution < 1.29 is 71.4 Å². The standard InChI is InChI=1S/C49H88O15P2/c1-3-5-7-9-11-13-15-17-19-20-21-22-24-26-28-30-32-34-36-38-49(54)60-40-46(51)42-62-66(57,58)64-44-47(52)43-63-65(55,56)61-41-45(50)39-59-48(53)37-35-33-31-29-27-25-23-18-16-14-12-10-8-6-4-2/h6,8,10,12,14,16-19,23,45-47,50-52H,3-5,7,9,11,13,15,20-22,24-44H2,1-2H3,(H,55,56)(H,57,58)/b8-6+,12-10+,16-14+,19-17+,23-18-. The van der Waals surface area contributed by atoms with Crippen molar-refractivity contribution in [2.75, 3.05) is 39.6 Å². The van der Waals surface area contributed by atoms with Gasteiger partial charge in [-0.05, 0) is 57.8 Å². The highest BCUT2D eigenvalue weighted by Crippen LogP contribution is 2.45. The van der Waals surface area contributed by atoms with E-state index in [0.29, 0.717) is 12.8 Å². The van der Waals surface area contributed by atoms with Crippen molar-refractivity contribution in [2.45, 2.75) is 199 Å².